The molecule has 1 aliphatic heterocycles. The first-order valence-corrected chi connectivity index (χ1v) is 7.71. The van der Waals surface area contributed by atoms with Gasteiger partial charge in [0.05, 0.1) is 12.0 Å². The third kappa shape index (κ3) is 3.95. The van der Waals surface area contributed by atoms with E-state index in [1.54, 1.807) is 18.9 Å². The van der Waals surface area contributed by atoms with Gasteiger partial charge in [0.25, 0.3) is 0 Å². The second-order valence-corrected chi connectivity index (χ2v) is 6.30. The number of nitrogens with zero attached hydrogens (tertiary/aromatic N) is 2. The zero-order valence-electron chi connectivity index (χ0n) is 12.5. The Kier molecular flexibility index (Phi) is 5.02. The smallest absolute Gasteiger partial charge is 0.227 e. The molecule has 1 heterocycles. The molecule has 2 fully saturated rings. The number of piperidine rings is 1. The number of aliphatic hydroxyl groups excluding tert-OH is 1. The lowest BCUT2D eigenvalue weighted by Gasteiger charge is -2.34. The maximum Gasteiger partial charge on any atom is 0.227 e. The van der Waals surface area contributed by atoms with Gasteiger partial charge in [-0.05, 0) is 39.0 Å². The summed E-state index contributed by atoms with van der Waals surface area (Å²) < 4.78 is 0. The van der Waals surface area contributed by atoms with Crippen molar-refractivity contribution in [2.45, 2.75) is 45.1 Å². The Morgan fingerprint density at radius 2 is 2.00 bits per heavy atom. The van der Waals surface area contributed by atoms with Crippen LogP contribution in [0.15, 0.2) is 0 Å². The molecule has 0 spiro atoms. The highest BCUT2D eigenvalue weighted by Crippen LogP contribution is 2.32. The lowest BCUT2D eigenvalue weighted by molar-refractivity contribution is -0.140. The molecular formula is C15H26N2O3. The minimum Gasteiger partial charge on any atom is -0.393 e. The van der Waals surface area contributed by atoms with Gasteiger partial charge in [-0.3, -0.25) is 9.59 Å². The number of aliphatic hydroxyl groups is 1. The van der Waals surface area contributed by atoms with Crippen LogP contribution in [0.2, 0.25) is 0 Å². The largest absolute Gasteiger partial charge is 0.393 e. The van der Waals surface area contributed by atoms with E-state index in [1.807, 2.05) is 4.90 Å². The molecule has 1 saturated heterocycles. The van der Waals surface area contributed by atoms with E-state index < -0.39 is 0 Å². The molecule has 1 N–H and O–H groups in total. The third-order valence-electron chi connectivity index (χ3n) is 4.27. The highest BCUT2D eigenvalue weighted by Gasteiger charge is 2.37. The predicted octanol–water partition coefficient (Wildman–Crippen LogP) is 0.864. The van der Waals surface area contributed by atoms with Crippen molar-refractivity contribution >= 4 is 11.8 Å². The average molecular weight is 282 g/mol. The molecule has 5 heteroatoms. The molecule has 114 valence electrons. The lowest BCUT2D eigenvalue weighted by Crippen LogP contribution is -2.46. The van der Waals surface area contributed by atoms with Gasteiger partial charge in [0.2, 0.25) is 11.8 Å². The van der Waals surface area contributed by atoms with E-state index >= 15 is 0 Å². The standard InChI is InChI=1S/C15H26N2O3/c1-11(18)7-9-16(2)14(19)13-4-3-8-17(10-13)15(20)12-5-6-12/h11-13,18H,3-10H2,1-2H3. The zero-order chi connectivity index (χ0) is 14.7. The number of hydrogen-bond acceptors (Lipinski definition) is 3. The van der Waals surface area contributed by atoms with Crippen molar-refractivity contribution in [3.8, 4) is 0 Å². The van der Waals surface area contributed by atoms with Gasteiger partial charge in [0.1, 0.15) is 0 Å². The Balaban J connectivity index is 1.84. The van der Waals surface area contributed by atoms with Gasteiger partial charge < -0.3 is 14.9 Å². The summed E-state index contributed by atoms with van der Waals surface area (Å²) in [5, 5.41) is 9.29. The van der Waals surface area contributed by atoms with Gasteiger partial charge in [0, 0.05) is 32.6 Å². The summed E-state index contributed by atoms with van der Waals surface area (Å²) in [7, 11) is 1.78. The zero-order valence-corrected chi connectivity index (χ0v) is 12.5. The van der Waals surface area contributed by atoms with Crippen molar-refractivity contribution in [3.05, 3.63) is 0 Å². The summed E-state index contributed by atoms with van der Waals surface area (Å²) in [5.41, 5.74) is 0. The summed E-state index contributed by atoms with van der Waals surface area (Å²) in [5.74, 6) is 0.523. The Morgan fingerprint density at radius 1 is 1.30 bits per heavy atom. The van der Waals surface area contributed by atoms with E-state index in [0.717, 1.165) is 32.2 Å². The molecule has 2 aliphatic rings. The van der Waals surface area contributed by atoms with Crippen molar-refractivity contribution in [2.24, 2.45) is 11.8 Å². The van der Waals surface area contributed by atoms with Crippen LogP contribution in [0.3, 0.4) is 0 Å². The maximum atomic E-state index is 12.4. The summed E-state index contributed by atoms with van der Waals surface area (Å²) in [6, 6.07) is 0. The van der Waals surface area contributed by atoms with Crippen molar-refractivity contribution in [1.82, 2.24) is 9.80 Å². The maximum absolute atomic E-state index is 12.4. The van der Waals surface area contributed by atoms with E-state index in [1.165, 1.54) is 0 Å². The normalized spacial score (nSPS) is 24.4. The Morgan fingerprint density at radius 3 is 2.60 bits per heavy atom. The number of carbonyl (C=O) groups excluding carboxylic acids is 2. The number of amides is 2. The molecule has 5 nitrogen and oxygen atoms in total. The molecule has 0 aromatic heterocycles. The topological polar surface area (TPSA) is 60.9 Å². The number of rotatable bonds is 5. The Labute approximate surface area is 120 Å². The highest BCUT2D eigenvalue weighted by atomic mass is 16.3. The van der Waals surface area contributed by atoms with Crippen LogP contribution < -0.4 is 0 Å². The monoisotopic (exact) mass is 282 g/mol. The summed E-state index contributed by atoms with van der Waals surface area (Å²) in [4.78, 5) is 28.0. The number of likely N-dealkylation sites (tertiary alicyclic amines) is 1. The van der Waals surface area contributed by atoms with Gasteiger partial charge in [-0.25, -0.2) is 0 Å². The minimum absolute atomic E-state index is 0.0644. The molecule has 20 heavy (non-hydrogen) atoms. The van der Waals surface area contributed by atoms with Crippen LogP contribution >= 0.6 is 0 Å². The summed E-state index contributed by atoms with van der Waals surface area (Å²) in [6.07, 6.45) is 4.03. The van der Waals surface area contributed by atoms with E-state index in [2.05, 4.69) is 0 Å². The molecule has 1 saturated carbocycles. The van der Waals surface area contributed by atoms with Crippen molar-refractivity contribution in [2.75, 3.05) is 26.7 Å². The van der Waals surface area contributed by atoms with Gasteiger partial charge in [-0.1, -0.05) is 0 Å². The van der Waals surface area contributed by atoms with Crippen LogP contribution in [0.4, 0.5) is 0 Å². The van der Waals surface area contributed by atoms with Gasteiger partial charge in [0.15, 0.2) is 0 Å². The third-order valence-corrected chi connectivity index (χ3v) is 4.27. The minimum atomic E-state index is -0.385. The SMILES string of the molecule is CC(O)CCN(C)C(=O)C1CCCN(C(=O)C2CC2)C1. The molecule has 0 aromatic rings. The fraction of sp³-hybridized carbons (Fsp3) is 0.867. The first kappa shape index (κ1) is 15.3. The molecule has 2 amide bonds. The van der Waals surface area contributed by atoms with Crippen LogP contribution in [0, 0.1) is 11.8 Å². The average Bonchev–Trinajstić information content (AvgIpc) is 3.27. The molecule has 0 bridgehead atoms. The van der Waals surface area contributed by atoms with Crippen molar-refractivity contribution < 1.29 is 14.7 Å². The summed E-state index contributed by atoms with van der Waals surface area (Å²) in [6.45, 7) is 3.68. The molecule has 2 unspecified atom stereocenters. The molecule has 0 aromatic carbocycles. The van der Waals surface area contributed by atoms with Crippen LogP contribution in [-0.4, -0.2) is 59.5 Å². The van der Waals surface area contributed by atoms with Crippen LogP contribution in [-0.2, 0) is 9.59 Å². The van der Waals surface area contributed by atoms with E-state index in [-0.39, 0.29) is 29.8 Å². The number of hydrogen-bond donors (Lipinski definition) is 1. The van der Waals surface area contributed by atoms with Crippen molar-refractivity contribution in [3.63, 3.8) is 0 Å². The second kappa shape index (κ2) is 6.57. The first-order valence-electron chi connectivity index (χ1n) is 7.71. The van der Waals surface area contributed by atoms with Gasteiger partial charge >= 0.3 is 0 Å². The second-order valence-electron chi connectivity index (χ2n) is 6.30. The number of carbonyl (C=O) groups is 2. The molecule has 2 rings (SSSR count). The van der Waals surface area contributed by atoms with Crippen LogP contribution in [0.5, 0.6) is 0 Å². The molecule has 1 aliphatic carbocycles. The Hall–Kier alpha value is -1.10. The molecular weight excluding hydrogens is 256 g/mol. The lowest BCUT2D eigenvalue weighted by atomic mass is 9.96. The van der Waals surface area contributed by atoms with E-state index in [4.69, 9.17) is 0 Å². The fourth-order valence-electron chi connectivity index (χ4n) is 2.77. The summed E-state index contributed by atoms with van der Waals surface area (Å²) >= 11 is 0. The van der Waals surface area contributed by atoms with Gasteiger partial charge in [-0.2, -0.15) is 0 Å². The van der Waals surface area contributed by atoms with E-state index in [9.17, 15) is 14.7 Å². The quantitative estimate of drug-likeness (QED) is 0.814. The van der Waals surface area contributed by atoms with Gasteiger partial charge in [-0.15, -0.1) is 0 Å². The van der Waals surface area contributed by atoms with E-state index in [0.29, 0.717) is 19.5 Å². The highest BCUT2D eigenvalue weighted by molar-refractivity contribution is 5.83. The predicted molar refractivity (Wildman–Crippen MR) is 76.0 cm³/mol. The van der Waals surface area contributed by atoms with Crippen LogP contribution in [0.1, 0.15) is 39.0 Å². The van der Waals surface area contributed by atoms with Crippen LogP contribution in [0.25, 0.3) is 0 Å². The molecule has 2 atom stereocenters. The first-order chi connectivity index (χ1) is 9.49. The van der Waals surface area contributed by atoms with Crippen molar-refractivity contribution in [1.29, 1.82) is 0 Å². The molecule has 0 radical (unpaired) electrons. The fourth-order valence-corrected chi connectivity index (χ4v) is 2.77. The Bertz CT molecular complexity index is 366.